The maximum atomic E-state index is 12.3. The summed E-state index contributed by atoms with van der Waals surface area (Å²) in [5.41, 5.74) is 6.21. The fourth-order valence-corrected chi connectivity index (χ4v) is 3.32. The van der Waals surface area contributed by atoms with E-state index in [9.17, 15) is 4.79 Å². The molecule has 0 bridgehead atoms. The van der Waals surface area contributed by atoms with Gasteiger partial charge in [0.1, 0.15) is 17.9 Å². The minimum Gasteiger partial charge on any atom is -0.378 e. The monoisotopic (exact) mass is 391 g/mol. The van der Waals surface area contributed by atoms with Gasteiger partial charge in [-0.3, -0.25) is 0 Å². The number of anilines is 1. The van der Waals surface area contributed by atoms with E-state index in [1.807, 2.05) is 20.8 Å². The van der Waals surface area contributed by atoms with Gasteiger partial charge in [0.25, 0.3) is 0 Å². The second-order valence-corrected chi connectivity index (χ2v) is 6.66. The van der Waals surface area contributed by atoms with Crippen molar-refractivity contribution in [3.05, 3.63) is 17.1 Å². The number of nitrogens with zero attached hydrogens (tertiary/aromatic N) is 4. The zero-order valence-corrected chi connectivity index (χ0v) is 16.7. The van der Waals surface area contributed by atoms with Crippen molar-refractivity contribution in [2.24, 2.45) is 5.84 Å². The van der Waals surface area contributed by atoms with Gasteiger partial charge in [0, 0.05) is 38.5 Å². The summed E-state index contributed by atoms with van der Waals surface area (Å²) in [6.07, 6.45) is 0. The van der Waals surface area contributed by atoms with Crippen LogP contribution in [-0.2, 0) is 22.6 Å². The van der Waals surface area contributed by atoms with Crippen LogP contribution in [0.1, 0.15) is 24.0 Å². The second-order valence-electron chi connectivity index (χ2n) is 6.66. The number of morpholine rings is 1. The number of fused-ring (bicyclic) bond motifs is 1. The van der Waals surface area contributed by atoms with Gasteiger partial charge >= 0.3 is 6.03 Å². The largest absolute Gasteiger partial charge is 0.378 e. The Bertz CT molecular complexity index is 830. The number of aryl methyl sites for hydroxylation is 2. The molecule has 10 nitrogen and oxygen atoms in total. The summed E-state index contributed by atoms with van der Waals surface area (Å²) in [5.74, 6) is 6.97. The molecule has 1 aliphatic heterocycles. The predicted molar refractivity (Wildman–Crippen MR) is 106 cm³/mol. The number of nitrogen functional groups attached to an aromatic ring is 1. The molecule has 0 aliphatic carbocycles. The Kier molecular flexibility index (Phi) is 6.65. The molecule has 0 saturated carbocycles. The van der Waals surface area contributed by atoms with Crippen LogP contribution in [0.3, 0.4) is 0 Å². The van der Waals surface area contributed by atoms with Gasteiger partial charge in [0.2, 0.25) is 0 Å². The van der Waals surface area contributed by atoms with Crippen molar-refractivity contribution in [3.8, 4) is 0 Å². The molecule has 10 heteroatoms. The molecule has 3 heterocycles. The van der Waals surface area contributed by atoms with Crippen molar-refractivity contribution in [1.82, 2.24) is 24.8 Å². The van der Waals surface area contributed by atoms with Gasteiger partial charge in [0.05, 0.1) is 18.7 Å². The number of hydrogen-bond donors (Lipinski definition) is 3. The van der Waals surface area contributed by atoms with Crippen LogP contribution in [0.4, 0.5) is 10.6 Å². The topological polar surface area (TPSA) is 120 Å². The van der Waals surface area contributed by atoms with Crippen LogP contribution in [-0.4, -0.2) is 64.9 Å². The maximum Gasteiger partial charge on any atom is 0.317 e. The smallest absolute Gasteiger partial charge is 0.317 e. The van der Waals surface area contributed by atoms with E-state index < -0.39 is 0 Å². The summed E-state index contributed by atoms with van der Waals surface area (Å²) >= 11 is 0. The molecule has 0 unspecified atom stereocenters. The third-order valence-corrected chi connectivity index (χ3v) is 4.93. The average Bonchev–Trinajstić information content (AvgIpc) is 3.08. The highest BCUT2D eigenvalue weighted by atomic mass is 16.5. The Labute approximate surface area is 164 Å². The summed E-state index contributed by atoms with van der Waals surface area (Å²) in [5, 5.41) is 2.99. The van der Waals surface area contributed by atoms with Gasteiger partial charge in [-0.1, -0.05) is 0 Å². The van der Waals surface area contributed by atoms with Crippen molar-refractivity contribution in [2.75, 3.05) is 44.9 Å². The summed E-state index contributed by atoms with van der Waals surface area (Å²) in [6.45, 7) is 10.3. The molecule has 28 heavy (non-hydrogen) atoms. The average molecular weight is 391 g/mol. The Morgan fingerprint density at radius 2 is 2.04 bits per heavy atom. The molecule has 4 N–H and O–H groups in total. The van der Waals surface area contributed by atoms with Crippen LogP contribution in [0.25, 0.3) is 11.0 Å². The molecule has 0 aromatic carbocycles. The quantitative estimate of drug-likeness (QED) is 0.474. The zero-order chi connectivity index (χ0) is 20.1. The lowest BCUT2D eigenvalue weighted by Crippen LogP contribution is -2.46. The number of urea groups is 1. The van der Waals surface area contributed by atoms with Gasteiger partial charge < -0.3 is 29.7 Å². The van der Waals surface area contributed by atoms with Crippen LogP contribution in [0.15, 0.2) is 0 Å². The van der Waals surface area contributed by atoms with Crippen LogP contribution in [0.5, 0.6) is 0 Å². The van der Waals surface area contributed by atoms with E-state index in [4.69, 9.17) is 20.3 Å². The lowest BCUT2D eigenvalue weighted by molar-refractivity contribution is 0.0532. The molecule has 0 radical (unpaired) electrons. The number of nitrogens with one attached hydrogen (secondary N) is 2. The number of hydrogen-bond acceptors (Lipinski definition) is 7. The Morgan fingerprint density at radius 3 is 2.71 bits per heavy atom. The molecule has 154 valence electrons. The molecule has 1 saturated heterocycles. The highest BCUT2D eigenvalue weighted by Gasteiger charge is 2.20. The van der Waals surface area contributed by atoms with Gasteiger partial charge in [0.15, 0.2) is 5.82 Å². The van der Waals surface area contributed by atoms with Crippen LogP contribution >= 0.6 is 0 Å². The van der Waals surface area contributed by atoms with E-state index in [1.165, 1.54) is 0 Å². The lowest BCUT2D eigenvalue weighted by atomic mass is 10.2. The van der Waals surface area contributed by atoms with Crippen molar-refractivity contribution in [2.45, 2.75) is 33.9 Å². The standard InChI is InChI=1S/C18H29N7O3/c1-4-27-11-14-22-15-16(12(2)13(3)21-17(15)23-19)25(14)6-5-20-18(26)24-7-9-28-10-8-24/h4-11,19H2,1-3H3,(H,20,26)(H,21,23). The van der Waals surface area contributed by atoms with Crippen molar-refractivity contribution in [1.29, 1.82) is 0 Å². The predicted octanol–water partition coefficient (Wildman–Crippen LogP) is 0.912. The lowest BCUT2D eigenvalue weighted by Gasteiger charge is -2.27. The van der Waals surface area contributed by atoms with E-state index >= 15 is 0 Å². The molecule has 2 aromatic heterocycles. The first-order valence-corrected chi connectivity index (χ1v) is 9.58. The first-order chi connectivity index (χ1) is 13.6. The van der Waals surface area contributed by atoms with Crippen LogP contribution in [0, 0.1) is 13.8 Å². The summed E-state index contributed by atoms with van der Waals surface area (Å²) in [4.78, 5) is 23.3. The van der Waals surface area contributed by atoms with E-state index in [0.29, 0.717) is 63.9 Å². The van der Waals surface area contributed by atoms with Gasteiger partial charge in [-0.05, 0) is 26.3 Å². The SMILES string of the molecule is CCOCc1nc2c(NN)nc(C)c(C)c2n1CCNC(=O)N1CCOCC1. The van der Waals surface area contributed by atoms with Crippen molar-refractivity contribution >= 4 is 22.9 Å². The highest BCUT2D eigenvalue weighted by Crippen LogP contribution is 2.27. The van der Waals surface area contributed by atoms with E-state index in [2.05, 4.69) is 20.3 Å². The fourth-order valence-electron chi connectivity index (χ4n) is 3.32. The van der Waals surface area contributed by atoms with Crippen LogP contribution < -0.4 is 16.6 Å². The molecular formula is C18H29N7O3. The minimum absolute atomic E-state index is 0.0713. The normalized spacial score (nSPS) is 14.5. The van der Waals surface area contributed by atoms with Crippen LogP contribution in [0.2, 0.25) is 0 Å². The Hall–Kier alpha value is -2.43. The number of rotatable bonds is 7. The summed E-state index contributed by atoms with van der Waals surface area (Å²) in [7, 11) is 0. The van der Waals surface area contributed by atoms with E-state index in [1.54, 1.807) is 4.90 Å². The second kappa shape index (κ2) is 9.18. The molecule has 0 atom stereocenters. The fraction of sp³-hybridized carbons (Fsp3) is 0.611. The molecule has 1 fully saturated rings. The maximum absolute atomic E-state index is 12.3. The first kappa shape index (κ1) is 20.3. The molecule has 2 aromatic rings. The number of hydrazine groups is 1. The van der Waals surface area contributed by atoms with Gasteiger partial charge in [-0.15, -0.1) is 0 Å². The number of aromatic nitrogens is 3. The number of carbonyl (C=O) groups excluding carboxylic acids is 1. The van der Waals surface area contributed by atoms with Crippen molar-refractivity contribution < 1.29 is 14.3 Å². The Balaban J connectivity index is 1.83. The molecule has 3 rings (SSSR count). The van der Waals surface area contributed by atoms with Gasteiger partial charge in [-0.2, -0.15) is 0 Å². The third-order valence-electron chi connectivity index (χ3n) is 4.93. The third kappa shape index (κ3) is 4.18. The minimum atomic E-state index is -0.0713. The van der Waals surface area contributed by atoms with E-state index in [0.717, 1.165) is 22.6 Å². The zero-order valence-electron chi connectivity index (χ0n) is 16.7. The number of imidazole rings is 1. The summed E-state index contributed by atoms with van der Waals surface area (Å²) in [6, 6.07) is -0.0713. The number of pyridine rings is 1. The number of amides is 2. The first-order valence-electron chi connectivity index (χ1n) is 9.58. The van der Waals surface area contributed by atoms with Gasteiger partial charge in [-0.25, -0.2) is 20.6 Å². The van der Waals surface area contributed by atoms with E-state index in [-0.39, 0.29) is 6.03 Å². The van der Waals surface area contributed by atoms with Crippen molar-refractivity contribution in [3.63, 3.8) is 0 Å². The highest BCUT2D eigenvalue weighted by molar-refractivity contribution is 5.89. The summed E-state index contributed by atoms with van der Waals surface area (Å²) < 4.78 is 13.0. The number of ether oxygens (including phenoxy) is 2. The molecule has 2 amide bonds. The number of carbonyl (C=O) groups is 1. The number of nitrogens with two attached hydrogens (primary N) is 1. The Morgan fingerprint density at radius 1 is 1.29 bits per heavy atom. The molecule has 0 spiro atoms. The molecular weight excluding hydrogens is 362 g/mol. The molecule has 1 aliphatic rings.